The number of ether oxygens (including phenoxy) is 1. The molecule has 0 heterocycles. The van der Waals surface area contributed by atoms with Crippen LogP contribution in [0.15, 0.2) is 18.2 Å². The number of aliphatic hydroxyl groups excluding tert-OH is 1. The van der Waals surface area contributed by atoms with Gasteiger partial charge in [0.15, 0.2) is 0 Å². The molecule has 0 spiro atoms. The Bertz CT molecular complexity index is 499. The lowest BCUT2D eigenvalue weighted by molar-refractivity contribution is 0.189. The number of fused-ring (bicyclic) bond motifs is 1. The number of aryl methyl sites for hydroxylation is 1. The quantitative estimate of drug-likeness (QED) is 0.617. The molecule has 0 aliphatic heterocycles. The van der Waals surface area contributed by atoms with E-state index in [1.165, 1.54) is 43.2 Å². The van der Waals surface area contributed by atoms with Gasteiger partial charge in [-0.05, 0) is 68.2 Å². The Hall–Kier alpha value is -1.06. The smallest absolute Gasteiger partial charge is 0.119 e. The lowest BCUT2D eigenvalue weighted by Gasteiger charge is -2.32. The molecule has 0 aromatic heterocycles. The fourth-order valence-corrected chi connectivity index (χ4v) is 3.72. The number of benzene rings is 1. The van der Waals surface area contributed by atoms with Crippen molar-refractivity contribution >= 4 is 0 Å². The summed E-state index contributed by atoms with van der Waals surface area (Å²) >= 11 is 0. The van der Waals surface area contributed by atoms with Crippen molar-refractivity contribution in [3.05, 3.63) is 29.3 Å². The number of hydrogen-bond acceptors (Lipinski definition) is 3. The first kappa shape index (κ1) is 19.3. The SMILES string of the molecule is CCCCCCCOc1ccc2c(c1)CCCC2CC(C)(N)CO. The van der Waals surface area contributed by atoms with Gasteiger partial charge in [0, 0.05) is 5.54 Å². The van der Waals surface area contributed by atoms with Crippen LogP contribution in [0.5, 0.6) is 5.75 Å². The van der Waals surface area contributed by atoms with Crippen molar-refractivity contribution in [3.8, 4) is 5.75 Å². The van der Waals surface area contributed by atoms with Crippen molar-refractivity contribution < 1.29 is 9.84 Å². The maximum absolute atomic E-state index is 9.45. The second-order valence-electron chi connectivity index (χ2n) is 7.73. The fourth-order valence-electron chi connectivity index (χ4n) is 3.72. The van der Waals surface area contributed by atoms with Gasteiger partial charge >= 0.3 is 0 Å². The first-order chi connectivity index (χ1) is 11.6. The Balaban J connectivity index is 1.90. The minimum absolute atomic E-state index is 0.0397. The van der Waals surface area contributed by atoms with Crippen molar-refractivity contribution in [2.45, 2.75) is 83.1 Å². The highest BCUT2D eigenvalue weighted by atomic mass is 16.5. The zero-order valence-electron chi connectivity index (χ0n) is 15.5. The fraction of sp³-hybridized carbons (Fsp3) is 0.714. The van der Waals surface area contributed by atoms with Crippen LogP contribution in [0.4, 0.5) is 0 Å². The molecular formula is C21H35NO2. The molecule has 3 N–H and O–H groups in total. The van der Waals surface area contributed by atoms with E-state index in [0.29, 0.717) is 5.92 Å². The summed E-state index contributed by atoms with van der Waals surface area (Å²) in [5, 5.41) is 9.45. The summed E-state index contributed by atoms with van der Waals surface area (Å²) in [6.45, 7) is 5.04. The van der Waals surface area contributed by atoms with Crippen LogP contribution in [0.25, 0.3) is 0 Å². The maximum Gasteiger partial charge on any atom is 0.119 e. The third-order valence-corrected chi connectivity index (χ3v) is 5.14. The first-order valence-electron chi connectivity index (χ1n) is 9.71. The van der Waals surface area contributed by atoms with Crippen LogP contribution in [0.2, 0.25) is 0 Å². The molecule has 2 rings (SSSR count). The summed E-state index contributed by atoms with van der Waals surface area (Å²) < 4.78 is 5.94. The van der Waals surface area contributed by atoms with Crippen molar-refractivity contribution in [1.29, 1.82) is 0 Å². The monoisotopic (exact) mass is 333 g/mol. The highest BCUT2D eigenvalue weighted by molar-refractivity contribution is 5.39. The van der Waals surface area contributed by atoms with Crippen molar-refractivity contribution in [2.24, 2.45) is 5.73 Å². The third-order valence-electron chi connectivity index (χ3n) is 5.14. The molecular weight excluding hydrogens is 298 g/mol. The van der Waals surface area contributed by atoms with Gasteiger partial charge in [-0.3, -0.25) is 0 Å². The van der Waals surface area contributed by atoms with E-state index < -0.39 is 5.54 Å². The molecule has 2 atom stereocenters. The first-order valence-corrected chi connectivity index (χ1v) is 9.71. The molecule has 3 nitrogen and oxygen atoms in total. The second-order valence-corrected chi connectivity index (χ2v) is 7.73. The number of unbranched alkanes of at least 4 members (excludes halogenated alkanes) is 4. The molecule has 0 saturated carbocycles. The van der Waals surface area contributed by atoms with Crippen molar-refractivity contribution in [2.75, 3.05) is 13.2 Å². The van der Waals surface area contributed by atoms with Crippen LogP contribution < -0.4 is 10.5 Å². The topological polar surface area (TPSA) is 55.5 Å². The van der Waals surface area contributed by atoms with E-state index in [0.717, 1.165) is 38.0 Å². The zero-order valence-corrected chi connectivity index (χ0v) is 15.5. The summed E-state index contributed by atoms with van der Waals surface area (Å²) in [5.41, 5.74) is 8.49. The normalized spacial score (nSPS) is 19.6. The van der Waals surface area contributed by atoms with Crippen LogP contribution >= 0.6 is 0 Å². The van der Waals surface area contributed by atoms with E-state index in [2.05, 4.69) is 25.1 Å². The van der Waals surface area contributed by atoms with Gasteiger partial charge in [-0.2, -0.15) is 0 Å². The lowest BCUT2D eigenvalue weighted by atomic mass is 9.76. The Labute approximate surface area is 147 Å². The largest absolute Gasteiger partial charge is 0.494 e. The van der Waals surface area contributed by atoms with Gasteiger partial charge in [-0.1, -0.05) is 38.7 Å². The van der Waals surface area contributed by atoms with Crippen LogP contribution in [0.3, 0.4) is 0 Å². The number of aliphatic hydroxyl groups is 1. The molecule has 136 valence electrons. The van der Waals surface area contributed by atoms with E-state index in [1.807, 2.05) is 6.92 Å². The van der Waals surface area contributed by atoms with Gasteiger partial charge in [0.05, 0.1) is 13.2 Å². The maximum atomic E-state index is 9.45. The Morgan fingerprint density at radius 2 is 2.04 bits per heavy atom. The standard InChI is InChI=1S/C21H35NO2/c1-3-4-5-6-7-13-24-19-11-12-20-17(14-19)9-8-10-18(20)15-21(2,22)16-23/h11-12,14,18,23H,3-10,13,15-16,22H2,1-2H3. The lowest BCUT2D eigenvalue weighted by Crippen LogP contribution is -2.42. The van der Waals surface area contributed by atoms with Gasteiger partial charge in [-0.25, -0.2) is 0 Å². The van der Waals surface area contributed by atoms with Gasteiger partial charge in [0.2, 0.25) is 0 Å². The van der Waals surface area contributed by atoms with Crippen molar-refractivity contribution in [1.82, 2.24) is 0 Å². The number of nitrogens with two attached hydrogens (primary N) is 1. The molecule has 1 aromatic carbocycles. The molecule has 0 saturated heterocycles. The summed E-state index contributed by atoms with van der Waals surface area (Å²) in [6, 6.07) is 6.55. The third kappa shape index (κ3) is 5.78. The van der Waals surface area contributed by atoms with E-state index >= 15 is 0 Å². The minimum Gasteiger partial charge on any atom is -0.494 e. The summed E-state index contributed by atoms with van der Waals surface area (Å²) in [4.78, 5) is 0. The average molecular weight is 334 g/mol. The van der Waals surface area contributed by atoms with Gasteiger partial charge in [0.25, 0.3) is 0 Å². The minimum atomic E-state index is -0.493. The molecule has 0 amide bonds. The van der Waals surface area contributed by atoms with Crippen LogP contribution in [-0.4, -0.2) is 23.9 Å². The molecule has 0 fully saturated rings. The van der Waals surface area contributed by atoms with Crippen LogP contribution in [-0.2, 0) is 6.42 Å². The molecule has 1 aliphatic rings. The molecule has 0 bridgehead atoms. The molecule has 2 unspecified atom stereocenters. The van der Waals surface area contributed by atoms with Gasteiger partial charge in [-0.15, -0.1) is 0 Å². The summed E-state index contributed by atoms with van der Waals surface area (Å²) in [7, 11) is 0. The van der Waals surface area contributed by atoms with Gasteiger partial charge < -0.3 is 15.6 Å². The van der Waals surface area contributed by atoms with Crippen LogP contribution in [0.1, 0.15) is 82.3 Å². The Kier molecular flexibility index (Phi) is 7.57. The number of hydrogen-bond donors (Lipinski definition) is 2. The predicted octanol–water partition coefficient (Wildman–Crippen LogP) is 4.56. The Morgan fingerprint density at radius 3 is 2.79 bits per heavy atom. The van der Waals surface area contributed by atoms with E-state index in [1.54, 1.807) is 0 Å². The summed E-state index contributed by atoms with van der Waals surface area (Å²) in [5.74, 6) is 1.46. The summed E-state index contributed by atoms with van der Waals surface area (Å²) in [6.07, 6.45) is 10.7. The Morgan fingerprint density at radius 1 is 1.25 bits per heavy atom. The zero-order chi connectivity index (χ0) is 17.4. The molecule has 1 aromatic rings. The van der Waals surface area contributed by atoms with Crippen LogP contribution in [0, 0.1) is 0 Å². The highest BCUT2D eigenvalue weighted by Crippen LogP contribution is 2.37. The molecule has 1 aliphatic carbocycles. The van der Waals surface area contributed by atoms with Crippen molar-refractivity contribution in [3.63, 3.8) is 0 Å². The van der Waals surface area contributed by atoms with E-state index in [4.69, 9.17) is 10.5 Å². The van der Waals surface area contributed by atoms with Gasteiger partial charge in [0.1, 0.15) is 5.75 Å². The average Bonchev–Trinajstić information content (AvgIpc) is 2.58. The van der Waals surface area contributed by atoms with E-state index in [9.17, 15) is 5.11 Å². The highest BCUT2D eigenvalue weighted by Gasteiger charge is 2.27. The number of rotatable bonds is 10. The molecule has 0 radical (unpaired) electrons. The van der Waals surface area contributed by atoms with E-state index in [-0.39, 0.29) is 6.61 Å². The predicted molar refractivity (Wildman–Crippen MR) is 101 cm³/mol. The molecule has 3 heteroatoms. The second kappa shape index (κ2) is 9.43. The molecule has 24 heavy (non-hydrogen) atoms.